The average molecular weight is 1240 g/mol. The first-order chi connectivity index (χ1) is 42.7. The van der Waals surface area contributed by atoms with Crippen LogP contribution in [0.2, 0.25) is 0 Å². The van der Waals surface area contributed by atoms with Crippen molar-refractivity contribution >= 4 is 57.5 Å². The van der Waals surface area contributed by atoms with E-state index in [9.17, 15) is 19.2 Å². The standard InChI is InChI=1S/C72H101ClN8O8/c1-44(13-23-65(82)86-8)46(3)69(4)29-27-58-49(39-69)15-18-51-38-53(25-30-70(51,58)5)89-68(85)43-80-41-62(76-78-80)48-17-20-55-54-19-16-47(35-63(54)81(34-33-74-73)64(55)36-48)61-40-79(77-75-61)42-67(84)88-52-26-31-71(6)50(37-52)11-10-12-56-59-22-21-57(45(2)14-24-66(83)87-9)72(59,7)32-28-60(56)71/h16-17,19-20,35-36,40-41,44-46,49-53,56-60,74H,10-15,18,21-34,37-39,42-43H2,1-9H3/t44-,45-,46?,49+,50-,51-,52-,53-,56+,57?,58?,59+,60?,69?,70?,71?,72?/m1/s1. The van der Waals surface area contributed by atoms with Crippen LogP contribution >= 0.6 is 11.8 Å². The molecule has 3 aromatic heterocycles. The molecule has 7 aliphatic carbocycles. The summed E-state index contributed by atoms with van der Waals surface area (Å²) in [5, 5.41) is 20.1. The van der Waals surface area contributed by atoms with Gasteiger partial charge in [-0.3, -0.25) is 19.2 Å². The number of methoxy groups -OCH3 is 2. The number of hydrogen-bond acceptors (Lipinski definition) is 13. The van der Waals surface area contributed by atoms with Gasteiger partial charge < -0.3 is 23.5 Å². The number of carbonyl (C=O) groups is 4. The summed E-state index contributed by atoms with van der Waals surface area (Å²) in [6, 6.07) is 12.6. The summed E-state index contributed by atoms with van der Waals surface area (Å²) in [4.78, 5) is 54.2. The molecule has 16 nitrogen and oxygen atoms in total. The lowest BCUT2D eigenvalue weighted by molar-refractivity contribution is -0.161. The third-order valence-corrected chi connectivity index (χ3v) is 26.5. The Morgan fingerprint density at radius 1 is 0.629 bits per heavy atom. The Hall–Kier alpha value is -5.35. The highest BCUT2D eigenvalue weighted by Gasteiger charge is 2.60. The van der Waals surface area contributed by atoms with Gasteiger partial charge in [-0.2, -0.15) is 0 Å². The number of nitrogens with zero attached hydrogens (tertiary/aromatic N) is 7. The van der Waals surface area contributed by atoms with E-state index >= 15 is 0 Å². The lowest BCUT2D eigenvalue weighted by Crippen LogP contribution is -2.52. The lowest BCUT2D eigenvalue weighted by Gasteiger charge is -2.60. The normalized spacial score (nSPS) is 33.6. The maximum atomic E-state index is 13.7. The monoisotopic (exact) mass is 1240 g/mol. The SMILES string of the molecule is COC(=O)CC[C@@H](C)C(C)C1(C)CCC2[C@@H](CC[C@@H]3C[C@H](OC(=O)Cn4cc(-c5ccc6c7ccc(-c8cn(CC(=O)O[C@@H]9CCC%10(C)C%11CCC%12(C)C([C@H](C)CCC(=O)OC)CC[C@H]%12[C@@H]%11CCC[C@@H]%10C9)nn8)cc7n(CCNCl)c6c5)nn4)CCC23C)C1. The predicted octanol–water partition coefficient (Wildman–Crippen LogP) is 14.8. The van der Waals surface area contributed by atoms with Gasteiger partial charge >= 0.3 is 23.9 Å². The molecule has 1 N–H and O–H groups in total. The van der Waals surface area contributed by atoms with Crippen molar-refractivity contribution in [2.75, 3.05) is 20.8 Å². The molecule has 2 aromatic carbocycles. The molecule has 0 bridgehead atoms. The minimum Gasteiger partial charge on any atom is -0.469 e. The molecule has 5 aromatic rings. The van der Waals surface area contributed by atoms with Crippen LogP contribution in [0.4, 0.5) is 0 Å². The van der Waals surface area contributed by atoms with E-state index in [-0.39, 0.29) is 65.4 Å². The first kappa shape index (κ1) is 63.8. The summed E-state index contributed by atoms with van der Waals surface area (Å²) in [5.74, 6) is 6.16. The molecule has 17 heteroatoms. The molecule has 7 aliphatic rings. The zero-order chi connectivity index (χ0) is 62.6. The Balaban J connectivity index is 0.644. The summed E-state index contributed by atoms with van der Waals surface area (Å²) >= 11 is 6.11. The van der Waals surface area contributed by atoms with E-state index < -0.39 is 0 Å². The fraction of sp³-hybridized carbons (Fsp3) is 0.722. The molecule has 89 heavy (non-hydrogen) atoms. The zero-order valence-corrected chi connectivity index (χ0v) is 55.5. The molecule has 17 atom stereocenters. The third-order valence-electron chi connectivity index (χ3n) is 26.3. The molecule has 0 saturated heterocycles. The molecule has 7 fully saturated rings. The van der Waals surface area contributed by atoms with Crippen molar-refractivity contribution in [2.24, 2.45) is 86.8 Å². The van der Waals surface area contributed by atoms with Crippen LogP contribution < -0.4 is 4.84 Å². The van der Waals surface area contributed by atoms with E-state index in [1.165, 1.54) is 91.3 Å². The fourth-order valence-electron chi connectivity index (χ4n) is 21.1. The van der Waals surface area contributed by atoms with E-state index in [1.807, 2.05) is 12.4 Å². The second-order valence-corrected chi connectivity index (χ2v) is 30.9. The average Bonchev–Trinajstić information content (AvgIpc) is 1.73. The number of aromatic nitrogens is 7. The Morgan fingerprint density at radius 3 is 1.78 bits per heavy atom. The zero-order valence-electron chi connectivity index (χ0n) is 54.8. The molecule has 0 spiro atoms. The molecule has 0 radical (unpaired) electrons. The first-order valence-corrected chi connectivity index (χ1v) is 34.8. The number of esters is 4. The Bertz CT molecular complexity index is 3380. The summed E-state index contributed by atoms with van der Waals surface area (Å²) < 4.78 is 28.0. The lowest BCUT2D eigenvalue weighted by atomic mass is 9.46. The van der Waals surface area contributed by atoms with Gasteiger partial charge in [0.15, 0.2) is 0 Å². The van der Waals surface area contributed by atoms with Crippen LogP contribution in [-0.4, -0.2) is 91.4 Å². The molecular weight excluding hydrogens is 1140 g/mol. The molecular formula is C72H101ClN8O8. The highest BCUT2D eigenvalue weighted by molar-refractivity contribution is 6.13. The van der Waals surface area contributed by atoms with Gasteiger partial charge in [-0.05, 0) is 233 Å². The van der Waals surface area contributed by atoms with Gasteiger partial charge in [0.1, 0.15) is 36.7 Å². The Labute approximate surface area is 532 Å². The first-order valence-electron chi connectivity index (χ1n) is 34.5. The van der Waals surface area contributed by atoms with Crippen molar-refractivity contribution in [1.82, 2.24) is 39.4 Å². The maximum absolute atomic E-state index is 13.7. The van der Waals surface area contributed by atoms with Gasteiger partial charge in [-0.25, -0.2) is 14.2 Å². The van der Waals surface area contributed by atoms with Crippen molar-refractivity contribution in [2.45, 2.75) is 222 Å². The van der Waals surface area contributed by atoms with Gasteiger partial charge in [-0.1, -0.05) is 89.6 Å². The van der Waals surface area contributed by atoms with Crippen LogP contribution in [0, 0.1) is 86.8 Å². The van der Waals surface area contributed by atoms with Crippen LogP contribution in [-0.2, 0) is 57.8 Å². The van der Waals surface area contributed by atoms with E-state index in [4.69, 9.17) is 30.7 Å². The third kappa shape index (κ3) is 12.5. The second kappa shape index (κ2) is 26.0. The minimum atomic E-state index is -0.278. The topological polar surface area (TPSA) is 184 Å². The summed E-state index contributed by atoms with van der Waals surface area (Å²) in [6.07, 6.45) is 27.2. The molecule has 7 saturated carbocycles. The number of hydrogen-bond donors (Lipinski definition) is 1. The second-order valence-electron chi connectivity index (χ2n) is 30.6. The molecule has 0 amide bonds. The molecule has 12 rings (SSSR count). The molecule has 8 unspecified atom stereocenters. The summed E-state index contributed by atoms with van der Waals surface area (Å²) in [6.45, 7) is 18.4. The van der Waals surface area contributed by atoms with Gasteiger partial charge in [0.05, 0.1) is 26.6 Å². The Morgan fingerprint density at radius 2 is 1.18 bits per heavy atom. The van der Waals surface area contributed by atoms with Crippen molar-refractivity contribution in [3.63, 3.8) is 0 Å². The quantitative estimate of drug-likeness (QED) is 0.0442. The smallest absolute Gasteiger partial charge is 0.328 e. The molecule has 3 heterocycles. The van der Waals surface area contributed by atoms with Crippen molar-refractivity contribution in [1.29, 1.82) is 0 Å². The number of nitrogens with one attached hydrogen (secondary N) is 1. The fourth-order valence-corrected chi connectivity index (χ4v) is 21.1. The van der Waals surface area contributed by atoms with E-state index in [0.29, 0.717) is 90.1 Å². The summed E-state index contributed by atoms with van der Waals surface area (Å²) in [7, 11) is 2.98. The number of benzene rings is 2. The number of rotatable bonds is 20. The minimum absolute atomic E-state index is 0.000513. The number of carbonyl (C=O) groups excluding carboxylic acids is 4. The van der Waals surface area contributed by atoms with Crippen molar-refractivity contribution in [3.05, 3.63) is 48.8 Å². The largest absolute Gasteiger partial charge is 0.469 e. The van der Waals surface area contributed by atoms with Gasteiger partial charge in [0, 0.05) is 58.9 Å². The van der Waals surface area contributed by atoms with Crippen LogP contribution in [0.5, 0.6) is 0 Å². The van der Waals surface area contributed by atoms with Crippen molar-refractivity contribution in [3.8, 4) is 22.5 Å². The Kier molecular flexibility index (Phi) is 18.6. The van der Waals surface area contributed by atoms with E-state index in [2.05, 4.69) is 115 Å². The van der Waals surface area contributed by atoms with E-state index in [1.54, 1.807) is 9.36 Å². The van der Waals surface area contributed by atoms with E-state index in [0.717, 1.165) is 102 Å². The molecule has 0 aliphatic heterocycles. The summed E-state index contributed by atoms with van der Waals surface area (Å²) in [5.41, 5.74) is 6.24. The molecule has 484 valence electrons. The van der Waals surface area contributed by atoms with Crippen molar-refractivity contribution < 1.29 is 38.1 Å². The number of halogens is 1. The maximum Gasteiger partial charge on any atom is 0.328 e. The van der Waals surface area contributed by atoms with Crippen LogP contribution in [0.25, 0.3) is 44.3 Å². The van der Waals surface area contributed by atoms with Crippen LogP contribution in [0.3, 0.4) is 0 Å². The van der Waals surface area contributed by atoms with Crippen LogP contribution in [0.15, 0.2) is 48.8 Å². The number of ether oxygens (including phenoxy) is 4. The highest BCUT2D eigenvalue weighted by Crippen LogP contribution is 2.68. The van der Waals surface area contributed by atoms with Gasteiger partial charge in [-0.15, -0.1) is 10.2 Å². The predicted molar refractivity (Wildman–Crippen MR) is 345 cm³/mol. The number of fused-ring (bicyclic) bond motifs is 11. The van der Waals surface area contributed by atoms with Crippen LogP contribution in [0.1, 0.15) is 190 Å². The highest BCUT2D eigenvalue weighted by atomic mass is 35.5. The van der Waals surface area contributed by atoms with Gasteiger partial charge in [0.25, 0.3) is 0 Å². The van der Waals surface area contributed by atoms with Gasteiger partial charge in [0.2, 0.25) is 0 Å².